The first-order valence-corrected chi connectivity index (χ1v) is 10.0. The van der Waals surface area contributed by atoms with E-state index in [0.29, 0.717) is 19.3 Å². The van der Waals surface area contributed by atoms with E-state index in [1.807, 2.05) is 6.92 Å². The van der Waals surface area contributed by atoms with Crippen molar-refractivity contribution in [1.82, 2.24) is 10.6 Å². The highest BCUT2D eigenvalue weighted by Crippen LogP contribution is 2.11. The Morgan fingerprint density at radius 3 is 1.72 bits per heavy atom. The molecule has 8 heteroatoms. The van der Waals surface area contributed by atoms with Gasteiger partial charge in [0.25, 0.3) is 0 Å². The van der Waals surface area contributed by atoms with Crippen LogP contribution in [0.15, 0.2) is 0 Å². The number of ketones is 3. The summed E-state index contributed by atoms with van der Waals surface area (Å²) < 4.78 is 0. The lowest BCUT2D eigenvalue weighted by Gasteiger charge is -2.21. The molecule has 0 radical (unpaired) electrons. The zero-order valence-corrected chi connectivity index (χ0v) is 17.9. The van der Waals surface area contributed by atoms with Crippen LogP contribution < -0.4 is 10.6 Å². The average molecular weight is 411 g/mol. The Morgan fingerprint density at radius 2 is 1.24 bits per heavy atom. The van der Waals surface area contributed by atoms with Crippen LogP contribution in [-0.4, -0.2) is 47.5 Å². The molecular formula is C21H34N2O6. The molecule has 2 atom stereocenters. The highest BCUT2D eigenvalue weighted by Gasteiger charge is 2.21. The summed E-state index contributed by atoms with van der Waals surface area (Å²) in [7, 11) is 0. The molecule has 164 valence electrons. The highest BCUT2D eigenvalue weighted by molar-refractivity contribution is 5.84. The number of carbonyl (C=O) groups is 6. The molecule has 0 aromatic rings. The van der Waals surface area contributed by atoms with Crippen LogP contribution in [0.25, 0.3) is 0 Å². The highest BCUT2D eigenvalue weighted by atomic mass is 16.2. The van der Waals surface area contributed by atoms with E-state index in [4.69, 9.17) is 0 Å². The largest absolute Gasteiger partial charge is 0.353 e. The standard InChI is InChI=1S/C21H34N2O6/c1-14(6-5-9-24)10-20(28)22-18(8-7-15(2)25)13-21(29)23-19(11-16(3)26)12-17(4)27/h9,14,18-19H,5-8,10-13H2,1-4H3,(H,22,28)(H,23,29). The number of carbonyl (C=O) groups excluding carboxylic acids is 6. The van der Waals surface area contributed by atoms with Crippen LogP contribution in [0.4, 0.5) is 0 Å². The van der Waals surface area contributed by atoms with Crippen molar-refractivity contribution in [2.75, 3.05) is 0 Å². The van der Waals surface area contributed by atoms with Gasteiger partial charge in [0.15, 0.2) is 0 Å². The van der Waals surface area contributed by atoms with E-state index >= 15 is 0 Å². The SMILES string of the molecule is CC(=O)CCC(CC(=O)NC(CC(C)=O)CC(C)=O)NC(=O)CC(C)CCC=O. The zero-order valence-electron chi connectivity index (χ0n) is 17.9. The maximum Gasteiger partial charge on any atom is 0.222 e. The Kier molecular flexibility index (Phi) is 13.4. The topological polar surface area (TPSA) is 126 Å². The molecule has 0 aromatic heterocycles. The van der Waals surface area contributed by atoms with Crippen molar-refractivity contribution >= 4 is 35.5 Å². The Labute approximate surface area is 172 Å². The van der Waals surface area contributed by atoms with E-state index in [-0.39, 0.29) is 67.2 Å². The molecule has 0 aliphatic heterocycles. The first kappa shape index (κ1) is 26.6. The molecular weight excluding hydrogens is 376 g/mol. The van der Waals surface area contributed by atoms with Crippen LogP contribution in [0.2, 0.25) is 0 Å². The van der Waals surface area contributed by atoms with Crippen molar-refractivity contribution in [3.8, 4) is 0 Å². The smallest absolute Gasteiger partial charge is 0.222 e. The second-order valence-corrected chi connectivity index (χ2v) is 7.84. The van der Waals surface area contributed by atoms with E-state index in [1.54, 1.807) is 0 Å². The lowest BCUT2D eigenvalue weighted by Crippen LogP contribution is -2.43. The lowest BCUT2D eigenvalue weighted by atomic mass is 10.00. The molecule has 0 bridgehead atoms. The normalized spacial score (nSPS) is 12.7. The average Bonchev–Trinajstić information content (AvgIpc) is 2.56. The summed E-state index contributed by atoms with van der Waals surface area (Å²) >= 11 is 0. The number of hydrogen-bond acceptors (Lipinski definition) is 6. The zero-order chi connectivity index (χ0) is 22.4. The number of amides is 2. The van der Waals surface area contributed by atoms with Crippen molar-refractivity contribution in [1.29, 1.82) is 0 Å². The summed E-state index contributed by atoms with van der Waals surface area (Å²) in [4.78, 5) is 69.2. The Hall–Kier alpha value is -2.38. The third-order valence-electron chi connectivity index (χ3n) is 4.39. The van der Waals surface area contributed by atoms with Gasteiger partial charge in [0.1, 0.15) is 23.6 Å². The molecule has 0 heterocycles. The Morgan fingerprint density at radius 1 is 0.724 bits per heavy atom. The molecule has 0 aromatic carbocycles. The van der Waals surface area contributed by atoms with Crippen LogP contribution >= 0.6 is 0 Å². The van der Waals surface area contributed by atoms with Gasteiger partial charge in [0, 0.05) is 50.6 Å². The quantitative estimate of drug-likeness (QED) is 0.373. The Balaban J connectivity index is 4.87. The summed E-state index contributed by atoms with van der Waals surface area (Å²) in [6.07, 6.45) is 2.65. The van der Waals surface area contributed by atoms with Crippen LogP contribution in [0.3, 0.4) is 0 Å². The van der Waals surface area contributed by atoms with Crippen molar-refractivity contribution in [3.63, 3.8) is 0 Å². The first-order valence-electron chi connectivity index (χ1n) is 10.0. The number of hydrogen-bond donors (Lipinski definition) is 2. The minimum atomic E-state index is -0.579. The first-order chi connectivity index (χ1) is 13.5. The van der Waals surface area contributed by atoms with Crippen LogP contribution in [0.1, 0.15) is 79.1 Å². The second-order valence-electron chi connectivity index (χ2n) is 7.84. The third-order valence-corrected chi connectivity index (χ3v) is 4.39. The maximum absolute atomic E-state index is 12.4. The van der Waals surface area contributed by atoms with Gasteiger partial charge >= 0.3 is 0 Å². The molecule has 0 aliphatic carbocycles. The van der Waals surface area contributed by atoms with Gasteiger partial charge in [-0.2, -0.15) is 0 Å². The van der Waals surface area contributed by atoms with Gasteiger partial charge in [-0.15, -0.1) is 0 Å². The fourth-order valence-corrected chi connectivity index (χ4v) is 3.04. The molecule has 0 saturated heterocycles. The van der Waals surface area contributed by atoms with E-state index in [2.05, 4.69) is 10.6 Å². The van der Waals surface area contributed by atoms with E-state index in [0.717, 1.165) is 6.29 Å². The van der Waals surface area contributed by atoms with Crippen molar-refractivity contribution in [3.05, 3.63) is 0 Å². The summed E-state index contributed by atoms with van der Waals surface area (Å²) in [5, 5.41) is 5.48. The lowest BCUT2D eigenvalue weighted by molar-refractivity contribution is -0.125. The summed E-state index contributed by atoms with van der Waals surface area (Å²) in [5.41, 5.74) is 0. The van der Waals surface area contributed by atoms with Gasteiger partial charge in [-0.3, -0.25) is 19.2 Å². The molecule has 2 N–H and O–H groups in total. The van der Waals surface area contributed by atoms with Gasteiger partial charge in [-0.25, -0.2) is 0 Å². The number of aldehydes is 1. The summed E-state index contributed by atoms with van der Waals surface area (Å²) in [5.74, 6) is -0.924. The molecule has 29 heavy (non-hydrogen) atoms. The monoisotopic (exact) mass is 410 g/mol. The van der Waals surface area contributed by atoms with Crippen molar-refractivity contribution in [2.24, 2.45) is 5.92 Å². The van der Waals surface area contributed by atoms with Crippen molar-refractivity contribution in [2.45, 2.75) is 91.1 Å². The van der Waals surface area contributed by atoms with Gasteiger partial charge in [-0.1, -0.05) is 6.92 Å². The number of rotatable bonds is 16. The minimum Gasteiger partial charge on any atom is -0.353 e. The van der Waals surface area contributed by atoms with E-state index in [1.165, 1.54) is 20.8 Å². The molecule has 2 unspecified atom stereocenters. The number of nitrogens with one attached hydrogen (secondary N) is 2. The fraction of sp³-hybridized carbons (Fsp3) is 0.714. The molecule has 8 nitrogen and oxygen atoms in total. The van der Waals surface area contributed by atoms with Gasteiger partial charge < -0.3 is 20.2 Å². The predicted octanol–water partition coefficient (Wildman–Crippen LogP) is 1.68. The van der Waals surface area contributed by atoms with Crippen LogP contribution in [0.5, 0.6) is 0 Å². The number of Topliss-reactive ketones (excluding diaryl/α,β-unsaturated/α-hetero) is 3. The molecule has 0 rings (SSSR count). The second kappa shape index (κ2) is 14.6. The van der Waals surface area contributed by atoms with E-state index < -0.39 is 12.1 Å². The maximum atomic E-state index is 12.4. The van der Waals surface area contributed by atoms with Gasteiger partial charge in [0.2, 0.25) is 11.8 Å². The van der Waals surface area contributed by atoms with Crippen LogP contribution in [-0.2, 0) is 28.8 Å². The minimum absolute atomic E-state index is 0.0259. The summed E-state index contributed by atoms with van der Waals surface area (Å²) in [6.45, 7) is 6.09. The molecule has 0 fully saturated rings. The molecule has 0 spiro atoms. The van der Waals surface area contributed by atoms with Gasteiger partial charge in [0.05, 0.1) is 0 Å². The van der Waals surface area contributed by atoms with E-state index in [9.17, 15) is 28.8 Å². The van der Waals surface area contributed by atoms with Crippen molar-refractivity contribution < 1.29 is 28.8 Å². The predicted molar refractivity (Wildman–Crippen MR) is 108 cm³/mol. The Bertz CT molecular complexity index is 586. The molecule has 0 saturated carbocycles. The van der Waals surface area contributed by atoms with Gasteiger partial charge in [-0.05, 0) is 39.5 Å². The summed E-state index contributed by atoms with van der Waals surface area (Å²) in [6, 6.07) is -1.11. The molecule has 2 amide bonds. The molecule has 0 aliphatic rings. The fourth-order valence-electron chi connectivity index (χ4n) is 3.04. The van der Waals surface area contributed by atoms with Crippen LogP contribution in [0, 0.1) is 5.92 Å². The third kappa shape index (κ3) is 15.2.